The average molecular weight is 378 g/mol. The Labute approximate surface area is 151 Å². The minimum absolute atomic E-state index is 0.174. The Balaban J connectivity index is 1.46. The highest BCUT2D eigenvalue weighted by Gasteiger charge is 2.29. The van der Waals surface area contributed by atoms with Crippen LogP contribution in [0.25, 0.3) is 0 Å². The maximum Gasteiger partial charge on any atom is 0.404 e. The highest BCUT2D eigenvalue weighted by Crippen LogP contribution is 2.36. The summed E-state index contributed by atoms with van der Waals surface area (Å²) in [4.78, 5) is 10.9. The van der Waals surface area contributed by atoms with Gasteiger partial charge in [-0.25, -0.2) is 9.18 Å². The minimum atomic E-state index is -1.02. The Morgan fingerprint density at radius 3 is 3.04 bits per heavy atom. The van der Waals surface area contributed by atoms with Crippen molar-refractivity contribution < 1.29 is 18.1 Å². The van der Waals surface area contributed by atoms with E-state index in [2.05, 4.69) is 15.5 Å². The third-order valence-electron chi connectivity index (χ3n) is 4.93. The van der Waals surface area contributed by atoms with Crippen LogP contribution in [0.5, 0.6) is 0 Å². The number of hydrogen-bond acceptors (Lipinski definition) is 5. The average Bonchev–Trinajstić information content (AvgIpc) is 3.29. The first-order valence-corrected chi connectivity index (χ1v) is 9.92. The summed E-state index contributed by atoms with van der Waals surface area (Å²) in [5.41, 5.74) is 7.62. The van der Waals surface area contributed by atoms with Crippen LogP contribution in [0.2, 0.25) is 0 Å². The number of carbonyl (C=O) groups is 1. The van der Waals surface area contributed by atoms with Crippen molar-refractivity contribution >= 4 is 28.4 Å². The number of aromatic nitrogens is 2. The molecule has 138 valence electrons. The van der Waals surface area contributed by atoms with Crippen LogP contribution in [-0.4, -0.2) is 26.6 Å². The summed E-state index contributed by atoms with van der Waals surface area (Å²) in [5, 5.41) is 10.1. The predicted molar refractivity (Wildman–Crippen MR) is 94.9 cm³/mol. The van der Waals surface area contributed by atoms with Gasteiger partial charge in [-0.1, -0.05) is 6.07 Å². The fourth-order valence-corrected chi connectivity index (χ4v) is 5.03. The van der Waals surface area contributed by atoms with Crippen LogP contribution in [0.4, 0.5) is 20.7 Å². The molecule has 1 amide bonds. The van der Waals surface area contributed by atoms with Crippen molar-refractivity contribution in [1.82, 2.24) is 10.2 Å². The van der Waals surface area contributed by atoms with Crippen LogP contribution >= 0.6 is 0 Å². The van der Waals surface area contributed by atoms with Gasteiger partial charge in [0, 0.05) is 39.8 Å². The number of hydrogen-bond donors (Lipinski definition) is 3. The molecule has 0 spiro atoms. The standard InChI is InChI=1S/C17H19FN4O3S/c18-16-12-8-26(24)7-10(12)2-4-13(16)20-15-6-14(21-22-15)9-1-3-11(5-9)25-17(19)23/h2,4,6,9,11H,1,3,5,7-8H2,(H2,19,23)(H2,20,21,22). The van der Waals surface area contributed by atoms with E-state index in [4.69, 9.17) is 10.5 Å². The second kappa shape index (κ2) is 6.71. The molecule has 2 aromatic rings. The van der Waals surface area contributed by atoms with E-state index >= 15 is 0 Å². The summed E-state index contributed by atoms with van der Waals surface area (Å²) >= 11 is 0. The van der Waals surface area contributed by atoms with E-state index in [0.29, 0.717) is 29.2 Å². The molecule has 4 N–H and O–H groups in total. The second-order valence-corrected chi connectivity index (χ2v) is 8.15. The molecule has 3 unspecified atom stereocenters. The largest absolute Gasteiger partial charge is 0.446 e. The molecule has 1 aromatic heterocycles. The molecule has 4 rings (SSSR count). The van der Waals surface area contributed by atoms with Gasteiger partial charge in [0.15, 0.2) is 11.6 Å². The maximum atomic E-state index is 14.6. The van der Waals surface area contributed by atoms with Crippen LogP contribution in [0, 0.1) is 5.82 Å². The van der Waals surface area contributed by atoms with E-state index in [0.717, 1.165) is 24.1 Å². The fourth-order valence-electron chi connectivity index (χ4n) is 3.68. The number of halogens is 1. The van der Waals surface area contributed by atoms with Crippen LogP contribution in [0.15, 0.2) is 18.2 Å². The third-order valence-corrected chi connectivity index (χ3v) is 6.17. The molecule has 2 heterocycles. The van der Waals surface area contributed by atoms with Crippen molar-refractivity contribution in [1.29, 1.82) is 0 Å². The first kappa shape index (κ1) is 17.0. The molecular formula is C17H19FN4O3S. The molecule has 2 aliphatic rings. The van der Waals surface area contributed by atoms with Gasteiger partial charge < -0.3 is 15.8 Å². The zero-order valence-corrected chi connectivity index (χ0v) is 14.8. The molecule has 0 saturated heterocycles. The zero-order chi connectivity index (χ0) is 18.3. The molecule has 9 heteroatoms. The Hall–Kier alpha value is -2.42. The molecule has 0 radical (unpaired) electrons. The van der Waals surface area contributed by atoms with E-state index in [1.807, 2.05) is 12.1 Å². The maximum absolute atomic E-state index is 14.6. The Kier molecular flexibility index (Phi) is 4.39. The first-order valence-electron chi connectivity index (χ1n) is 8.43. The SMILES string of the molecule is NC(=O)OC1CCC(c2cc(Nc3ccc4c(c3F)CS(=O)C4)n[nH]2)C1. The van der Waals surface area contributed by atoms with Gasteiger partial charge in [-0.3, -0.25) is 9.31 Å². The van der Waals surface area contributed by atoms with Gasteiger partial charge in [0.05, 0.1) is 11.4 Å². The van der Waals surface area contributed by atoms with Gasteiger partial charge in [-0.15, -0.1) is 0 Å². The number of aromatic amines is 1. The monoisotopic (exact) mass is 378 g/mol. The summed E-state index contributed by atoms with van der Waals surface area (Å²) in [6.45, 7) is 0. The van der Waals surface area contributed by atoms with E-state index < -0.39 is 16.9 Å². The second-order valence-electron chi connectivity index (χ2n) is 6.70. The number of rotatable bonds is 4. The number of fused-ring (bicyclic) bond motifs is 1. The lowest BCUT2D eigenvalue weighted by atomic mass is 10.0. The number of benzene rings is 1. The number of ether oxygens (including phenoxy) is 1. The van der Waals surface area contributed by atoms with Crippen LogP contribution in [-0.2, 0) is 27.0 Å². The number of amides is 1. The highest BCUT2D eigenvalue weighted by atomic mass is 32.2. The molecule has 1 saturated carbocycles. The van der Waals surface area contributed by atoms with Crippen LogP contribution in [0.1, 0.15) is 42.0 Å². The predicted octanol–water partition coefficient (Wildman–Crippen LogP) is 2.79. The lowest BCUT2D eigenvalue weighted by Crippen LogP contribution is -2.20. The van der Waals surface area contributed by atoms with Gasteiger partial charge in [-0.2, -0.15) is 5.10 Å². The number of H-pyrrole nitrogens is 1. The van der Waals surface area contributed by atoms with Crippen molar-refractivity contribution in [2.75, 3.05) is 5.32 Å². The van der Waals surface area contributed by atoms with Crippen molar-refractivity contribution in [3.8, 4) is 0 Å². The highest BCUT2D eigenvalue weighted by molar-refractivity contribution is 7.83. The molecule has 0 bridgehead atoms. The van der Waals surface area contributed by atoms with Crippen LogP contribution < -0.4 is 11.1 Å². The van der Waals surface area contributed by atoms with Gasteiger partial charge in [-0.05, 0) is 30.9 Å². The number of primary amides is 1. The van der Waals surface area contributed by atoms with Gasteiger partial charge in [0.2, 0.25) is 0 Å². The summed E-state index contributed by atoms with van der Waals surface area (Å²) in [6, 6.07) is 5.29. The van der Waals surface area contributed by atoms with Crippen molar-refractivity contribution in [2.45, 2.75) is 42.8 Å². The molecule has 7 nitrogen and oxygen atoms in total. The van der Waals surface area contributed by atoms with Gasteiger partial charge >= 0.3 is 6.09 Å². The molecule has 1 aliphatic heterocycles. The smallest absolute Gasteiger partial charge is 0.404 e. The lowest BCUT2D eigenvalue weighted by molar-refractivity contribution is 0.109. The molecule has 26 heavy (non-hydrogen) atoms. The Morgan fingerprint density at radius 2 is 2.23 bits per heavy atom. The summed E-state index contributed by atoms with van der Waals surface area (Å²) < 4.78 is 31.3. The van der Waals surface area contributed by atoms with Crippen molar-refractivity contribution in [3.05, 3.63) is 40.8 Å². The van der Waals surface area contributed by atoms with E-state index in [1.165, 1.54) is 0 Å². The minimum Gasteiger partial charge on any atom is -0.446 e. The van der Waals surface area contributed by atoms with Gasteiger partial charge in [0.1, 0.15) is 6.10 Å². The molecule has 3 atom stereocenters. The molecule has 1 aliphatic carbocycles. The zero-order valence-electron chi connectivity index (χ0n) is 14.0. The topological polar surface area (TPSA) is 110 Å². The third kappa shape index (κ3) is 3.31. The molecule has 1 fully saturated rings. The lowest BCUT2D eigenvalue weighted by Gasteiger charge is -2.09. The molecule has 1 aromatic carbocycles. The summed E-state index contributed by atoms with van der Waals surface area (Å²) in [5.74, 6) is 1.00. The van der Waals surface area contributed by atoms with E-state index in [1.54, 1.807) is 6.07 Å². The molecular weight excluding hydrogens is 359 g/mol. The van der Waals surface area contributed by atoms with Crippen LogP contribution in [0.3, 0.4) is 0 Å². The van der Waals surface area contributed by atoms with E-state index in [-0.39, 0.29) is 23.6 Å². The number of nitrogens with two attached hydrogens (primary N) is 1. The summed E-state index contributed by atoms with van der Waals surface area (Å²) in [6.07, 6.45) is 1.37. The van der Waals surface area contributed by atoms with E-state index in [9.17, 15) is 13.4 Å². The number of anilines is 2. The summed E-state index contributed by atoms with van der Waals surface area (Å²) in [7, 11) is -1.02. The van der Waals surface area contributed by atoms with Crippen molar-refractivity contribution in [2.24, 2.45) is 5.73 Å². The first-order chi connectivity index (χ1) is 12.5. The fraction of sp³-hybridized carbons (Fsp3) is 0.412. The van der Waals surface area contributed by atoms with Crippen molar-refractivity contribution in [3.63, 3.8) is 0 Å². The normalized spacial score (nSPS) is 24.4. The Morgan fingerprint density at radius 1 is 1.38 bits per heavy atom. The number of nitrogens with one attached hydrogen (secondary N) is 2. The number of nitrogens with zero attached hydrogens (tertiary/aromatic N) is 1. The van der Waals surface area contributed by atoms with Gasteiger partial charge in [0.25, 0.3) is 0 Å². The number of carbonyl (C=O) groups excluding carboxylic acids is 1. The quantitative estimate of drug-likeness (QED) is 0.758. The Bertz CT molecular complexity index is 885.